The van der Waals surface area contributed by atoms with Gasteiger partial charge in [0.05, 0.1) is 10.6 Å². The standard InChI is InChI=1S/C14H15F2NO2S2/c1-9-7-11(20-10(9)2)8-17-12-5-3-4-6-13(12)21(18,19)14(15)16/h3-7,14,17H,8H2,1-2H3. The van der Waals surface area contributed by atoms with E-state index in [0.29, 0.717) is 6.54 Å². The summed E-state index contributed by atoms with van der Waals surface area (Å²) in [4.78, 5) is 1.83. The van der Waals surface area contributed by atoms with Gasteiger partial charge in [0.15, 0.2) is 0 Å². The molecule has 0 saturated carbocycles. The Morgan fingerprint density at radius 1 is 1.24 bits per heavy atom. The second-order valence-corrected chi connectivity index (χ2v) is 7.83. The lowest BCUT2D eigenvalue weighted by atomic mass is 10.3. The van der Waals surface area contributed by atoms with Crippen LogP contribution in [-0.4, -0.2) is 14.2 Å². The third-order valence-corrected chi connectivity index (χ3v) is 5.69. The molecule has 2 aromatic rings. The lowest BCUT2D eigenvalue weighted by Gasteiger charge is -2.11. The molecule has 0 aliphatic heterocycles. The molecule has 1 heterocycles. The van der Waals surface area contributed by atoms with Crippen LogP contribution in [-0.2, 0) is 16.4 Å². The summed E-state index contributed by atoms with van der Waals surface area (Å²) in [6.45, 7) is 4.39. The lowest BCUT2D eigenvalue weighted by molar-refractivity contribution is 0.235. The molecule has 3 nitrogen and oxygen atoms in total. The van der Waals surface area contributed by atoms with Gasteiger partial charge >= 0.3 is 5.76 Å². The second kappa shape index (κ2) is 6.11. The number of thiophene rings is 1. The van der Waals surface area contributed by atoms with Crippen molar-refractivity contribution in [2.24, 2.45) is 0 Å². The maximum absolute atomic E-state index is 12.7. The summed E-state index contributed by atoms with van der Waals surface area (Å²) >= 11 is 1.59. The van der Waals surface area contributed by atoms with Crippen LogP contribution in [0.1, 0.15) is 15.3 Å². The molecule has 0 saturated heterocycles. The highest BCUT2D eigenvalue weighted by atomic mass is 32.2. The van der Waals surface area contributed by atoms with Gasteiger partial charge < -0.3 is 5.32 Å². The summed E-state index contributed by atoms with van der Waals surface area (Å²) in [5, 5.41) is 2.93. The van der Waals surface area contributed by atoms with Crippen LogP contribution in [0.3, 0.4) is 0 Å². The van der Waals surface area contributed by atoms with E-state index in [2.05, 4.69) is 5.32 Å². The van der Waals surface area contributed by atoms with E-state index in [9.17, 15) is 17.2 Å². The first-order valence-corrected chi connectivity index (χ1v) is 8.59. The molecule has 2 rings (SSSR count). The monoisotopic (exact) mass is 331 g/mol. The predicted octanol–water partition coefficient (Wildman–Crippen LogP) is 3.97. The molecule has 21 heavy (non-hydrogen) atoms. The van der Waals surface area contributed by atoms with Crippen molar-refractivity contribution in [3.8, 4) is 0 Å². The molecule has 0 spiro atoms. The van der Waals surface area contributed by atoms with E-state index in [0.717, 1.165) is 10.4 Å². The second-order valence-electron chi connectivity index (χ2n) is 4.61. The third-order valence-electron chi connectivity index (χ3n) is 3.10. The predicted molar refractivity (Wildman–Crippen MR) is 80.8 cm³/mol. The van der Waals surface area contributed by atoms with Crippen LogP contribution in [0.15, 0.2) is 35.2 Å². The van der Waals surface area contributed by atoms with Crippen molar-refractivity contribution >= 4 is 26.9 Å². The normalized spacial score (nSPS) is 11.9. The molecular weight excluding hydrogens is 316 g/mol. The van der Waals surface area contributed by atoms with Crippen LogP contribution in [0.2, 0.25) is 0 Å². The van der Waals surface area contributed by atoms with Crippen LogP contribution in [0.25, 0.3) is 0 Å². The summed E-state index contributed by atoms with van der Waals surface area (Å²) < 4.78 is 48.6. The Hall–Kier alpha value is -1.47. The summed E-state index contributed by atoms with van der Waals surface area (Å²) in [7, 11) is -4.61. The number of aryl methyl sites for hydroxylation is 2. The fraction of sp³-hybridized carbons (Fsp3) is 0.286. The summed E-state index contributed by atoms with van der Waals surface area (Å²) in [5.74, 6) is -3.42. The molecule has 1 aromatic carbocycles. The Morgan fingerprint density at radius 3 is 2.48 bits per heavy atom. The van der Waals surface area contributed by atoms with Crippen molar-refractivity contribution in [2.75, 3.05) is 5.32 Å². The van der Waals surface area contributed by atoms with Crippen molar-refractivity contribution in [1.82, 2.24) is 0 Å². The molecule has 114 valence electrons. The fourth-order valence-corrected chi connectivity index (χ4v) is 3.78. The molecular formula is C14H15F2NO2S2. The van der Waals surface area contributed by atoms with Crippen molar-refractivity contribution in [2.45, 2.75) is 31.0 Å². The van der Waals surface area contributed by atoms with Crippen molar-refractivity contribution in [3.05, 3.63) is 45.6 Å². The summed E-state index contributed by atoms with van der Waals surface area (Å²) in [5.41, 5.74) is 1.35. The van der Waals surface area contributed by atoms with E-state index in [1.165, 1.54) is 23.1 Å². The Morgan fingerprint density at radius 2 is 1.90 bits per heavy atom. The largest absolute Gasteiger partial charge is 0.379 e. The number of halogens is 2. The lowest BCUT2D eigenvalue weighted by Crippen LogP contribution is -2.14. The maximum Gasteiger partial charge on any atom is 0.341 e. The molecule has 0 amide bonds. The summed E-state index contributed by atoms with van der Waals surface area (Å²) in [6, 6.07) is 7.71. The Balaban J connectivity index is 2.25. The van der Waals surface area contributed by atoms with Crippen LogP contribution in [0.5, 0.6) is 0 Å². The molecule has 0 atom stereocenters. The minimum atomic E-state index is -4.61. The summed E-state index contributed by atoms with van der Waals surface area (Å²) in [6.07, 6.45) is 0. The van der Waals surface area contributed by atoms with E-state index in [-0.39, 0.29) is 10.6 Å². The number of nitrogens with one attached hydrogen (secondary N) is 1. The molecule has 0 fully saturated rings. The number of benzene rings is 1. The van der Waals surface area contributed by atoms with E-state index >= 15 is 0 Å². The first-order valence-electron chi connectivity index (χ1n) is 6.23. The van der Waals surface area contributed by atoms with Gasteiger partial charge in [-0.05, 0) is 37.6 Å². The van der Waals surface area contributed by atoms with Crippen LogP contribution in [0.4, 0.5) is 14.5 Å². The van der Waals surface area contributed by atoms with Crippen molar-refractivity contribution in [3.63, 3.8) is 0 Å². The van der Waals surface area contributed by atoms with Crippen LogP contribution in [0, 0.1) is 13.8 Å². The SMILES string of the molecule is Cc1cc(CNc2ccccc2S(=O)(=O)C(F)F)sc1C. The zero-order valence-electron chi connectivity index (χ0n) is 11.6. The van der Waals surface area contributed by atoms with Crippen LogP contribution < -0.4 is 5.32 Å². The number of anilines is 1. The maximum atomic E-state index is 12.7. The quantitative estimate of drug-likeness (QED) is 0.901. The molecule has 0 bridgehead atoms. The van der Waals surface area contributed by atoms with Crippen molar-refractivity contribution in [1.29, 1.82) is 0 Å². The number of alkyl halides is 2. The average molecular weight is 331 g/mol. The van der Waals surface area contributed by atoms with Gasteiger partial charge in [0.2, 0.25) is 9.84 Å². The number of para-hydroxylation sites is 1. The fourth-order valence-electron chi connectivity index (χ4n) is 1.88. The van der Waals surface area contributed by atoms with Gasteiger partial charge in [-0.2, -0.15) is 8.78 Å². The highest BCUT2D eigenvalue weighted by Crippen LogP contribution is 2.27. The molecule has 7 heteroatoms. The van der Waals surface area contributed by atoms with Crippen LogP contribution >= 0.6 is 11.3 Å². The van der Waals surface area contributed by atoms with Gasteiger partial charge in [0.1, 0.15) is 0 Å². The van der Waals surface area contributed by atoms with Gasteiger partial charge in [-0.1, -0.05) is 12.1 Å². The first kappa shape index (κ1) is 15.9. The Labute approximate surface area is 126 Å². The smallest absolute Gasteiger partial charge is 0.341 e. The third kappa shape index (κ3) is 3.41. The Bertz CT molecular complexity index is 720. The van der Waals surface area contributed by atoms with E-state index < -0.39 is 15.6 Å². The topological polar surface area (TPSA) is 46.2 Å². The minimum absolute atomic E-state index is 0.196. The first-order chi connectivity index (χ1) is 9.82. The van der Waals surface area contributed by atoms with Crippen molar-refractivity contribution < 1.29 is 17.2 Å². The zero-order valence-corrected chi connectivity index (χ0v) is 13.2. The molecule has 0 aliphatic carbocycles. The van der Waals surface area contributed by atoms with Gasteiger partial charge in [-0.25, -0.2) is 8.42 Å². The number of hydrogen-bond donors (Lipinski definition) is 1. The molecule has 0 aliphatic rings. The number of hydrogen-bond acceptors (Lipinski definition) is 4. The molecule has 1 aromatic heterocycles. The van der Waals surface area contributed by atoms with Gasteiger partial charge in [0, 0.05) is 16.3 Å². The van der Waals surface area contributed by atoms with E-state index in [1.54, 1.807) is 17.4 Å². The number of rotatable bonds is 5. The molecule has 1 N–H and O–H groups in total. The van der Waals surface area contributed by atoms with Gasteiger partial charge in [0.25, 0.3) is 0 Å². The number of sulfone groups is 1. The van der Waals surface area contributed by atoms with Gasteiger partial charge in [-0.3, -0.25) is 0 Å². The average Bonchev–Trinajstić information content (AvgIpc) is 2.75. The molecule has 0 radical (unpaired) electrons. The zero-order chi connectivity index (χ0) is 15.6. The minimum Gasteiger partial charge on any atom is -0.379 e. The van der Waals surface area contributed by atoms with E-state index in [4.69, 9.17) is 0 Å². The van der Waals surface area contributed by atoms with Gasteiger partial charge in [-0.15, -0.1) is 11.3 Å². The highest BCUT2D eigenvalue weighted by Gasteiger charge is 2.28. The van der Waals surface area contributed by atoms with E-state index in [1.807, 2.05) is 19.9 Å². The highest BCUT2D eigenvalue weighted by molar-refractivity contribution is 7.91. The molecule has 0 unspecified atom stereocenters. The Kier molecular flexibility index (Phi) is 4.63.